The van der Waals surface area contributed by atoms with E-state index in [1.54, 1.807) is 11.8 Å². The van der Waals surface area contributed by atoms with Gasteiger partial charge in [0.05, 0.1) is 10.6 Å². The van der Waals surface area contributed by atoms with Crippen LogP contribution in [0.25, 0.3) is 11.0 Å². The Hall–Kier alpha value is -1.99. The van der Waals surface area contributed by atoms with E-state index in [1.807, 2.05) is 35.6 Å². The monoisotopic (exact) mass is 359 g/mol. The SMILES string of the molecule is CN.O=C(C1=CN(c2ccnc3[nH]ccc23)CCS1)N1CCCCC1. The average Bonchev–Trinajstić information content (AvgIpc) is 3.18. The zero-order valence-corrected chi connectivity index (χ0v) is 15.4. The number of carbonyl (C=O) groups is 1. The van der Waals surface area contributed by atoms with Gasteiger partial charge in [-0.3, -0.25) is 4.79 Å². The van der Waals surface area contributed by atoms with Gasteiger partial charge in [0.2, 0.25) is 0 Å². The quantitative estimate of drug-likeness (QED) is 0.861. The van der Waals surface area contributed by atoms with Crippen LogP contribution in [-0.4, -0.2) is 53.2 Å². The first kappa shape index (κ1) is 17.8. The summed E-state index contributed by atoms with van der Waals surface area (Å²) < 4.78 is 0. The highest BCUT2D eigenvalue weighted by Gasteiger charge is 2.24. The highest BCUT2D eigenvalue weighted by atomic mass is 32.2. The van der Waals surface area contributed by atoms with Gasteiger partial charge in [0.25, 0.3) is 5.91 Å². The van der Waals surface area contributed by atoms with Crippen LogP contribution in [0.3, 0.4) is 0 Å². The van der Waals surface area contributed by atoms with E-state index in [4.69, 9.17) is 0 Å². The molecule has 2 aliphatic rings. The summed E-state index contributed by atoms with van der Waals surface area (Å²) in [6.45, 7) is 2.70. The lowest BCUT2D eigenvalue weighted by atomic mass is 10.1. The second-order valence-corrected chi connectivity index (χ2v) is 7.09. The van der Waals surface area contributed by atoms with E-state index in [9.17, 15) is 4.79 Å². The predicted molar refractivity (Wildman–Crippen MR) is 105 cm³/mol. The molecule has 3 N–H and O–H groups in total. The second kappa shape index (κ2) is 8.40. The van der Waals surface area contributed by atoms with Crippen LogP contribution < -0.4 is 10.6 Å². The second-order valence-electron chi connectivity index (χ2n) is 5.96. The number of likely N-dealkylation sites (tertiary alicyclic amines) is 1. The number of carbonyl (C=O) groups excluding carboxylic acids is 1. The number of amides is 1. The number of nitrogens with zero attached hydrogens (tertiary/aromatic N) is 3. The topological polar surface area (TPSA) is 78.2 Å². The van der Waals surface area contributed by atoms with Gasteiger partial charge in [-0.15, -0.1) is 11.8 Å². The third kappa shape index (κ3) is 3.82. The van der Waals surface area contributed by atoms with Crippen LogP contribution in [0.4, 0.5) is 5.69 Å². The summed E-state index contributed by atoms with van der Waals surface area (Å²) >= 11 is 1.68. The summed E-state index contributed by atoms with van der Waals surface area (Å²) in [5.74, 6) is 1.12. The molecule has 0 saturated carbocycles. The number of hydrogen-bond acceptors (Lipinski definition) is 5. The Morgan fingerprint density at radius 3 is 2.80 bits per heavy atom. The van der Waals surface area contributed by atoms with Gasteiger partial charge >= 0.3 is 0 Å². The van der Waals surface area contributed by atoms with Gasteiger partial charge in [0.1, 0.15) is 5.65 Å². The van der Waals surface area contributed by atoms with Gasteiger partial charge in [-0.25, -0.2) is 4.98 Å². The molecule has 0 radical (unpaired) electrons. The van der Waals surface area contributed by atoms with Gasteiger partial charge in [0, 0.05) is 49.4 Å². The predicted octanol–water partition coefficient (Wildman–Crippen LogP) is 2.54. The molecule has 6 nitrogen and oxygen atoms in total. The van der Waals surface area contributed by atoms with Crippen molar-refractivity contribution in [3.63, 3.8) is 0 Å². The third-order valence-corrected chi connectivity index (χ3v) is 5.44. The normalized spacial score (nSPS) is 17.8. The molecule has 7 heteroatoms. The van der Waals surface area contributed by atoms with Crippen molar-refractivity contribution < 1.29 is 4.79 Å². The van der Waals surface area contributed by atoms with Crippen molar-refractivity contribution in [3.05, 3.63) is 35.6 Å². The van der Waals surface area contributed by atoms with Crippen molar-refractivity contribution in [2.24, 2.45) is 5.73 Å². The fraction of sp³-hybridized carbons (Fsp3) is 0.444. The number of H-pyrrole nitrogens is 1. The maximum Gasteiger partial charge on any atom is 0.261 e. The van der Waals surface area contributed by atoms with E-state index in [1.165, 1.54) is 13.5 Å². The smallest absolute Gasteiger partial charge is 0.261 e. The Labute approximate surface area is 152 Å². The molecule has 2 aliphatic heterocycles. The summed E-state index contributed by atoms with van der Waals surface area (Å²) in [5.41, 5.74) is 6.50. The molecule has 2 aromatic heterocycles. The Morgan fingerprint density at radius 2 is 2.00 bits per heavy atom. The van der Waals surface area contributed by atoms with Gasteiger partial charge in [-0.05, 0) is 38.4 Å². The first-order valence-corrected chi connectivity index (χ1v) is 9.72. The van der Waals surface area contributed by atoms with Gasteiger partial charge in [-0.1, -0.05) is 0 Å². The number of anilines is 1. The fourth-order valence-electron chi connectivity index (χ4n) is 3.25. The van der Waals surface area contributed by atoms with Crippen molar-refractivity contribution >= 4 is 34.4 Å². The first-order chi connectivity index (χ1) is 12.3. The van der Waals surface area contributed by atoms with Gasteiger partial charge < -0.3 is 20.5 Å². The molecule has 0 spiro atoms. The molecule has 4 rings (SSSR count). The number of aromatic nitrogens is 2. The molecule has 0 bridgehead atoms. The van der Waals surface area contributed by atoms with E-state index < -0.39 is 0 Å². The summed E-state index contributed by atoms with van der Waals surface area (Å²) in [4.78, 5) is 25.3. The summed E-state index contributed by atoms with van der Waals surface area (Å²) in [5, 5.41) is 1.10. The number of piperidine rings is 1. The minimum absolute atomic E-state index is 0.193. The molecule has 0 aromatic carbocycles. The molecular formula is C18H25N5OS. The van der Waals surface area contributed by atoms with Crippen LogP contribution in [0.15, 0.2) is 35.6 Å². The van der Waals surface area contributed by atoms with Crippen LogP contribution >= 0.6 is 11.8 Å². The van der Waals surface area contributed by atoms with Crippen LogP contribution in [0.2, 0.25) is 0 Å². The molecule has 1 saturated heterocycles. The number of aromatic amines is 1. The maximum absolute atomic E-state index is 12.7. The minimum Gasteiger partial charge on any atom is -0.346 e. The number of pyridine rings is 1. The molecule has 0 atom stereocenters. The maximum atomic E-state index is 12.7. The lowest BCUT2D eigenvalue weighted by Crippen LogP contribution is -2.37. The van der Waals surface area contributed by atoms with E-state index in [-0.39, 0.29) is 5.91 Å². The molecule has 1 amide bonds. The molecule has 4 heterocycles. The summed E-state index contributed by atoms with van der Waals surface area (Å²) in [7, 11) is 1.50. The Kier molecular flexibility index (Phi) is 5.99. The van der Waals surface area contributed by atoms with E-state index in [0.29, 0.717) is 0 Å². The number of nitrogens with one attached hydrogen (secondary N) is 1. The lowest BCUT2D eigenvalue weighted by molar-refractivity contribution is -0.127. The zero-order valence-electron chi connectivity index (χ0n) is 14.6. The lowest BCUT2D eigenvalue weighted by Gasteiger charge is -2.31. The third-order valence-electron chi connectivity index (χ3n) is 4.46. The van der Waals surface area contributed by atoms with E-state index in [0.717, 1.165) is 59.9 Å². The Bertz CT molecular complexity index is 751. The largest absolute Gasteiger partial charge is 0.346 e. The minimum atomic E-state index is 0.193. The Balaban J connectivity index is 0.000000880. The van der Waals surface area contributed by atoms with Gasteiger partial charge in [-0.2, -0.15) is 0 Å². The molecule has 0 aliphatic carbocycles. The molecule has 134 valence electrons. The van der Waals surface area contributed by atoms with Crippen molar-refractivity contribution in [1.29, 1.82) is 0 Å². The van der Waals surface area contributed by atoms with Crippen molar-refractivity contribution in [3.8, 4) is 0 Å². The molecule has 25 heavy (non-hydrogen) atoms. The number of thioether (sulfide) groups is 1. The number of nitrogens with two attached hydrogens (primary N) is 1. The summed E-state index contributed by atoms with van der Waals surface area (Å²) in [6.07, 6.45) is 9.24. The number of fused-ring (bicyclic) bond motifs is 1. The van der Waals surface area contributed by atoms with E-state index in [2.05, 4.69) is 20.6 Å². The van der Waals surface area contributed by atoms with Crippen LogP contribution in [-0.2, 0) is 4.79 Å². The van der Waals surface area contributed by atoms with Gasteiger partial charge in [0.15, 0.2) is 0 Å². The molecule has 1 fully saturated rings. The molecular weight excluding hydrogens is 334 g/mol. The first-order valence-electron chi connectivity index (χ1n) is 8.73. The fourth-order valence-corrected chi connectivity index (χ4v) is 4.22. The van der Waals surface area contributed by atoms with Crippen molar-refractivity contribution in [2.45, 2.75) is 19.3 Å². The highest BCUT2D eigenvalue weighted by Crippen LogP contribution is 2.31. The van der Waals surface area contributed by atoms with Crippen LogP contribution in [0, 0.1) is 0 Å². The standard InChI is InChI=1S/C17H20N4OS.CH5N/c22-17(20-8-2-1-3-9-20)15-12-21(10-11-23-15)14-5-7-19-16-13(14)4-6-18-16;1-2/h4-7,12H,1-3,8-11H2,(H,18,19);2H2,1H3. The van der Waals surface area contributed by atoms with Crippen LogP contribution in [0.1, 0.15) is 19.3 Å². The van der Waals surface area contributed by atoms with Crippen LogP contribution in [0.5, 0.6) is 0 Å². The zero-order chi connectivity index (χ0) is 17.6. The van der Waals surface area contributed by atoms with Crippen molar-refractivity contribution in [1.82, 2.24) is 14.9 Å². The highest BCUT2D eigenvalue weighted by molar-refractivity contribution is 8.04. The number of rotatable bonds is 2. The summed E-state index contributed by atoms with van der Waals surface area (Å²) in [6, 6.07) is 4.06. The average molecular weight is 359 g/mol. The number of hydrogen-bond donors (Lipinski definition) is 2. The van der Waals surface area contributed by atoms with Crippen molar-refractivity contribution in [2.75, 3.05) is 37.3 Å². The molecule has 0 unspecified atom stereocenters. The van der Waals surface area contributed by atoms with E-state index >= 15 is 0 Å². The Morgan fingerprint density at radius 1 is 1.20 bits per heavy atom. The molecule has 2 aromatic rings.